The van der Waals surface area contributed by atoms with E-state index in [1.807, 2.05) is 0 Å². The molecule has 2 fully saturated rings. The minimum atomic E-state index is -1.08. The molecule has 0 bridgehead atoms. The van der Waals surface area contributed by atoms with Gasteiger partial charge in [-0.1, -0.05) is 12.8 Å². The van der Waals surface area contributed by atoms with E-state index in [4.69, 9.17) is 5.11 Å². The van der Waals surface area contributed by atoms with Crippen LogP contribution < -0.4 is 10.6 Å². The number of carboxylic acid groups (broad SMARTS) is 1. The van der Waals surface area contributed by atoms with Gasteiger partial charge >= 0.3 is 5.97 Å². The third-order valence-electron chi connectivity index (χ3n) is 4.29. The highest BCUT2D eigenvalue weighted by Gasteiger charge is 2.45. The number of hydrogen-bond donors (Lipinski definition) is 3. The number of rotatable bonds is 6. The Morgan fingerprint density at radius 3 is 2.10 bits per heavy atom. The zero-order valence-corrected chi connectivity index (χ0v) is 11.6. The van der Waals surface area contributed by atoms with Crippen molar-refractivity contribution < 1.29 is 19.5 Å². The second-order valence-electron chi connectivity index (χ2n) is 5.84. The standard InChI is InChI=1S/C14H22N2O4/c17-11(15-10-4-1-2-5-10)6-7-12(18)16-14(13(19)20)8-3-9-14/h10H,1-9H2,(H,15,17)(H,16,18)(H,19,20). The monoisotopic (exact) mass is 282 g/mol. The molecule has 3 N–H and O–H groups in total. The lowest BCUT2D eigenvalue weighted by Gasteiger charge is -2.38. The van der Waals surface area contributed by atoms with Gasteiger partial charge in [-0.15, -0.1) is 0 Å². The normalized spacial score (nSPS) is 21.0. The Labute approximate surface area is 118 Å². The number of aliphatic carboxylic acids is 1. The molecule has 0 unspecified atom stereocenters. The second kappa shape index (κ2) is 6.24. The summed E-state index contributed by atoms with van der Waals surface area (Å²) in [6.07, 6.45) is 6.25. The summed E-state index contributed by atoms with van der Waals surface area (Å²) in [4.78, 5) is 34.5. The van der Waals surface area contributed by atoms with E-state index < -0.39 is 11.5 Å². The summed E-state index contributed by atoms with van der Waals surface area (Å²) in [7, 11) is 0. The number of hydrogen-bond acceptors (Lipinski definition) is 3. The fourth-order valence-corrected chi connectivity index (χ4v) is 2.85. The third-order valence-corrected chi connectivity index (χ3v) is 4.29. The van der Waals surface area contributed by atoms with Crippen LogP contribution >= 0.6 is 0 Å². The molecule has 2 amide bonds. The smallest absolute Gasteiger partial charge is 0.329 e. The average Bonchev–Trinajstić information content (AvgIpc) is 2.83. The molecule has 2 aliphatic carbocycles. The van der Waals surface area contributed by atoms with E-state index in [9.17, 15) is 14.4 Å². The molecule has 112 valence electrons. The summed E-state index contributed by atoms with van der Waals surface area (Å²) in [6, 6.07) is 0.252. The van der Waals surface area contributed by atoms with E-state index in [1.165, 1.54) is 0 Å². The summed E-state index contributed by atoms with van der Waals surface area (Å²) in [5.41, 5.74) is -1.08. The SMILES string of the molecule is O=C(CCC(=O)NC1(C(=O)O)CCC1)NC1CCCC1. The Morgan fingerprint density at radius 1 is 1.00 bits per heavy atom. The van der Waals surface area contributed by atoms with Crippen LogP contribution in [-0.4, -0.2) is 34.5 Å². The molecule has 2 saturated carbocycles. The Balaban J connectivity index is 1.69. The van der Waals surface area contributed by atoms with Crippen molar-refractivity contribution in [2.45, 2.75) is 69.4 Å². The fourth-order valence-electron chi connectivity index (χ4n) is 2.85. The van der Waals surface area contributed by atoms with Gasteiger partial charge in [0.15, 0.2) is 0 Å². The van der Waals surface area contributed by atoms with Crippen LogP contribution in [0.1, 0.15) is 57.8 Å². The lowest BCUT2D eigenvalue weighted by atomic mass is 9.76. The molecule has 0 atom stereocenters. The minimum absolute atomic E-state index is 0.0492. The summed E-state index contributed by atoms with van der Waals surface area (Å²) in [5.74, 6) is -1.45. The van der Waals surface area contributed by atoms with Crippen LogP contribution in [0.5, 0.6) is 0 Å². The Bertz CT molecular complexity index is 398. The number of amides is 2. The maximum atomic E-state index is 11.7. The molecule has 2 aliphatic rings. The van der Waals surface area contributed by atoms with Gasteiger partial charge in [-0.2, -0.15) is 0 Å². The molecule has 20 heavy (non-hydrogen) atoms. The predicted octanol–water partition coefficient (Wildman–Crippen LogP) is 0.949. The second-order valence-corrected chi connectivity index (χ2v) is 5.84. The van der Waals surface area contributed by atoms with E-state index in [1.54, 1.807) is 0 Å². The lowest BCUT2D eigenvalue weighted by Crippen LogP contribution is -2.59. The average molecular weight is 282 g/mol. The van der Waals surface area contributed by atoms with Crippen LogP contribution in [-0.2, 0) is 14.4 Å². The quantitative estimate of drug-likeness (QED) is 0.676. The molecule has 0 aromatic carbocycles. The largest absolute Gasteiger partial charge is 0.480 e. The summed E-state index contributed by atoms with van der Waals surface area (Å²) >= 11 is 0. The van der Waals surface area contributed by atoms with Gasteiger partial charge in [0.1, 0.15) is 5.54 Å². The first-order chi connectivity index (χ1) is 9.52. The van der Waals surface area contributed by atoms with E-state index in [0.717, 1.165) is 32.1 Å². The molecule has 2 rings (SSSR count). The highest BCUT2D eigenvalue weighted by molar-refractivity contribution is 5.89. The Morgan fingerprint density at radius 2 is 1.60 bits per heavy atom. The number of carbonyl (C=O) groups is 3. The highest BCUT2D eigenvalue weighted by Crippen LogP contribution is 2.32. The molecular weight excluding hydrogens is 260 g/mol. The van der Waals surface area contributed by atoms with E-state index in [-0.39, 0.29) is 30.7 Å². The van der Waals surface area contributed by atoms with Crippen molar-refractivity contribution in [1.82, 2.24) is 10.6 Å². The number of carbonyl (C=O) groups excluding carboxylic acids is 2. The minimum Gasteiger partial charge on any atom is -0.480 e. The lowest BCUT2D eigenvalue weighted by molar-refractivity contribution is -0.151. The van der Waals surface area contributed by atoms with Gasteiger partial charge in [-0.3, -0.25) is 9.59 Å². The predicted molar refractivity (Wildman–Crippen MR) is 72.0 cm³/mol. The zero-order valence-electron chi connectivity index (χ0n) is 11.6. The van der Waals surface area contributed by atoms with Gasteiger partial charge in [0.2, 0.25) is 11.8 Å². The van der Waals surface area contributed by atoms with Crippen LogP contribution in [0.4, 0.5) is 0 Å². The van der Waals surface area contributed by atoms with Gasteiger partial charge in [0.05, 0.1) is 0 Å². The molecule has 0 aromatic rings. The summed E-state index contributed by atoms with van der Waals surface area (Å²) < 4.78 is 0. The van der Waals surface area contributed by atoms with Gasteiger partial charge in [-0.25, -0.2) is 4.79 Å². The third kappa shape index (κ3) is 3.49. The summed E-state index contributed by atoms with van der Waals surface area (Å²) in [6.45, 7) is 0. The summed E-state index contributed by atoms with van der Waals surface area (Å²) in [5, 5.41) is 14.6. The van der Waals surface area contributed by atoms with Crippen molar-refractivity contribution in [3.63, 3.8) is 0 Å². The van der Waals surface area contributed by atoms with Gasteiger partial charge in [0.25, 0.3) is 0 Å². The molecule has 6 heteroatoms. The van der Waals surface area contributed by atoms with Crippen LogP contribution in [0.3, 0.4) is 0 Å². The maximum Gasteiger partial charge on any atom is 0.329 e. The molecule has 0 aromatic heterocycles. The molecule has 0 radical (unpaired) electrons. The zero-order chi connectivity index (χ0) is 14.6. The molecule has 0 heterocycles. The van der Waals surface area contributed by atoms with Crippen LogP contribution in [0.25, 0.3) is 0 Å². The molecule has 0 aliphatic heterocycles. The van der Waals surface area contributed by atoms with E-state index in [0.29, 0.717) is 12.8 Å². The van der Waals surface area contributed by atoms with Crippen LogP contribution in [0.15, 0.2) is 0 Å². The first-order valence-corrected chi connectivity index (χ1v) is 7.36. The van der Waals surface area contributed by atoms with E-state index in [2.05, 4.69) is 10.6 Å². The highest BCUT2D eigenvalue weighted by atomic mass is 16.4. The van der Waals surface area contributed by atoms with Crippen molar-refractivity contribution in [2.24, 2.45) is 0 Å². The fraction of sp³-hybridized carbons (Fsp3) is 0.786. The topological polar surface area (TPSA) is 95.5 Å². The van der Waals surface area contributed by atoms with Crippen molar-refractivity contribution in [3.05, 3.63) is 0 Å². The van der Waals surface area contributed by atoms with Crippen molar-refractivity contribution in [1.29, 1.82) is 0 Å². The van der Waals surface area contributed by atoms with E-state index >= 15 is 0 Å². The van der Waals surface area contributed by atoms with Crippen molar-refractivity contribution in [2.75, 3.05) is 0 Å². The van der Waals surface area contributed by atoms with Gasteiger partial charge in [0, 0.05) is 18.9 Å². The maximum absolute atomic E-state index is 11.7. The Hall–Kier alpha value is -1.59. The van der Waals surface area contributed by atoms with Crippen molar-refractivity contribution in [3.8, 4) is 0 Å². The Kier molecular flexibility index (Phi) is 4.62. The first-order valence-electron chi connectivity index (χ1n) is 7.36. The molecule has 6 nitrogen and oxygen atoms in total. The molecule has 0 saturated heterocycles. The van der Waals surface area contributed by atoms with Crippen molar-refractivity contribution >= 4 is 17.8 Å². The number of carboxylic acids is 1. The van der Waals surface area contributed by atoms with Gasteiger partial charge in [-0.05, 0) is 32.1 Å². The first kappa shape index (κ1) is 14.8. The molecular formula is C14H22N2O4. The van der Waals surface area contributed by atoms with Crippen LogP contribution in [0, 0.1) is 0 Å². The molecule has 0 spiro atoms. The van der Waals surface area contributed by atoms with Crippen LogP contribution in [0.2, 0.25) is 0 Å². The van der Waals surface area contributed by atoms with Gasteiger partial charge < -0.3 is 15.7 Å². The number of nitrogens with one attached hydrogen (secondary N) is 2.